The van der Waals surface area contributed by atoms with Crippen molar-refractivity contribution in [2.24, 2.45) is 0 Å². The molecule has 0 saturated carbocycles. The number of benzene rings is 2. The Morgan fingerprint density at radius 2 is 1.84 bits per heavy atom. The zero-order valence-electron chi connectivity index (χ0n) is 11.5. The summed E-state index contributed by atoms with van der Waals surface area (Å²) in [5.74, 6) is 0.406. The Morgan fingerprint density at radius 3 is 2.47 bits per heavy atom. The summed E-state index contributed by atoms with van der Waals surface area (Å²) in [5.41, 5.74) is 3.38. The first-order chi connectivity index (χ1) is 9.19. The number of rotatable bonds is 5. The first kappa shape index (κ1) is 13.6. The van der Waals surface area contributed by atoms with Gasteiger partial charge in [-0.1, -0.05) is 38.1 Å². The molecule has 0 amide bonds. The van der Waals surface area contributed by atoms with Gasteiger partial charge in [0.15, 0.2) is 0 Å². The standard InChI is InChI=1S/C17H20FN/c1-3-13(2)15-7-9-17(10-8-15)19-12-14-5-4-6-16(18)11-14/h4-11,13,19H,3,12H2,1-2H3. The molecule has 19 heavy (non-hydrogen) atoms. The molecule has 2 aromatic rings. The van der Waals surface area contributed by atoms with E-state index in [0.29, 0.717) is 12.5 Å². The highest BCUT2D eigenvalue weighted by atomic mass is 19.1. The Morgan fingerprint density at radius 1 is 1.11 bits per heavy atom. The molecule has 0 saturated heterocycles. The third-order valence-corrected chi connectivity index (χ3v) is 3.48. The lowest BCUT2D eigenvalue weighted by Crippen LogP contribution is -2.00. The molecule has 0 radical (unpaired) electrons. The van der Waals surface area contributed by atoms with E-state index in [1.165, 1.54) is 11.6 Å². The fourth-order valence-electron chi connectivity index (χ4n) is 2.02. The summed E-state index contributed by atoms with van der Waals surface area (Å²) in [5, 5.41) is 3.31. The Bertz CT molecular complexity index is 519. The average molecular weight is 257 g/mol. The second-order valence-corrected chi connectivity index (χ2v) is 4.91. The summed E-state index contributed by atoms with van der Waals surface area (Å²) in [4.78, 5) is 0. The summed E-state index contributed by atoms with van der Waals surface area (Å²) in [6.45, 7) is 5.07. The molecule has 0 aliphatic heterocycles. The maximum Gasteiger partial charge on any atom is 0.123 e. The van der Waals surface area contributed by atoms with E-state index in [1.54, 1.807) is 12.1 Å². The Labute approximate surface area is 114 Å². The van der Waals surface area contributed by atoms with Crippen LogP contribution in [0, 0.1) is 5.82 Å². The van der Waals surface area contributed by atoms with Gasteiger partial charge in [-0.3, -0.25) is 0 Å². The summed E-state index contributed by atoms with van der Waals surface area (Å²) in [6.07, 6.45) is 1.15. The van der Waals surface area contributed by atoms with Crippen LogP contribution in [0.4, 0.5) is 10.1 Å². The summed E-state index contributed by atoms with van der Waals surface area (Å²) < 4.78 is 13.0. The van der Waals surface area contributed by atoms with Crippen LogP contribution in [0.2, 0.25) is 0 Å². The molecule has 0 aliphatic carbocycles. The average Bonchev–Trinajstić information content (AvgIpc) is 2.45. The van der Waals surface area contributed by atoms with Gasteiger partial charge in [0.2, 0.25) is 0 Å². The van der Waals surface area contributed by atoms with E-state index < -0.39 is 0 Å². The van der Waals surface area contributed by atoms with Crippen LogP contribution in [-0.4, -0.2) is 0 Å². The van der Waals surface area contributed by atoms with Crippen molar-refractivity contribution in [1.29, 1.82) is 0 Å². The first-order valence-electron chi connectivity index (χ1n) is 6.77. The van der Waals surface area contributed by atoms with Gasteiger partial charge in [-0.2, -0.15) is 0 Å². The van der Waals surface area contributed by atoms with Crippen LogP contribution in [0.25, 0.3) is 0 Å². The van der Waals surface area contributed by atoms with Crippen molar-refractivity contribution in [2.75, 3.05) is 5.32 Å². The van der Waals surface area contributed by atoms with Gasteiger partial charge in [-0.15, -0.1) is 0 Å². The molecule has 0 fully saturated rings. The SMILES string of the molecule is CCC(C)c1ccc(NCc2cccc(F)c2)cc1. The van der Waals surface area contributed by atoms with Crippen molar-refractivity contribution >= 4 is 5.69 Å². The lowest BCUT2D eigenvalue weighted by Gasteiger charge is -2.11. The zero-order valence-corrected chi connectivity index (χ0v) is 11.5. The minimum Gasteiger partial charge on any atom is -0.381 e. The summed E-state index contributed by atoms with van der Waals surface area (Å²) in [7, 11) is 0. The first-order valence-corrected chi connectivity index (χ1v) is 6.77. The highest BCUT2D eigenvalue weighted by molar-refractivity contribution is 5.45. The van der Waals surface area contributed by atoms with Gasteiger partial charge in [0.25, 0.3) is 0 Å². The molecule has 2 heteroatoms. The van der Waals surface area contributed by atoms with E-state index in [4.69, 9.17) is 0 Å². The number of anilines is 1. The minimum atomic E-state index is -0.189. The molecule has 0 aromatic heterocycles. The highest BCUT2D eigenvalue weighted by Gasteiger charge is 2.02. The van der Waals surface area contributed by atoms with Gasteiger partial charge in [0, 0.05) is 12.2 Å². The van der Waals surface area contributed by atoms with Crippen molar-refractivity contribution < 1.29 is 4.39 Å². The number of halogens is 1. The van der Waals surface area contributed by atoms with Gasteiger partial charge >= 0.3 is 0 Å². The van der Waals surface area contributed by atoms with E-state index in [1.807, 2.05) is 6.07 Å². The molecule has 2 rings (SSSR count). The second-order valence-electron chi connectivity index (χ2n) is 4.91. The van der Waals surface area contributed by atoms with Crippen molar-refractivity contribution in [1.82, 2.24) is 0 Å². The molecule has 1 N–H and O–H groups in total. The number of nitrogens with one attached hydrogen (secondary N) is 1. The summed E-state index contributed by atoms with van der Waals surface area (Å²) >= 11 is 0. The normalized spacial score (nSPS) is 12.2. The molecule has 0 heterocycles. The van der Waals surface area contributed by atoms with E-state index in [2.05, 4.69) is 43.4 Å². The largest absolute Gasteiger partial charge is 0.381 e. The third kappa shape index (κ3) is 3.82. The van der Waals surface area contributed by atoms with Gasteiger partial charge in [-0.25, -0.2) is 4.39 Å². The van der Waals surface area contributed by atoms with E-state index in [9.17, 15) is 4.39 Å². The highest BCUT2D eigenvalue weighted by Crippen LogP contribution is 2.20. The Balaban J connectivity index is 1.96. The molecule has 0 bridgehead atoms. The van der Waals surface area contributed by atoms with Crippen LogP contribution in [0.15, 0.2) is 48.5 Å². The molecule has 1 nitrogen and oxygen atoms in total. The maximum atomic E-state index is 13.0. The van der Waals surface area contributed by atoms with Gasteiger partial charge in [0.1, 0.15) is 5.82 Å². The fraction of sp³-hybridized carbons (Fsp3) is 0.294. The van der Waals surface area contributed by atoms with Crippen LogP contribution >= 0.6 is 0 Å². The molecular weight excluding hydrogens is 237 g/mol. The predicted molar refractivity (Wildman–Crippen MR) is 78.9 cm³/mol. The molecule has 1 atom stereocenters. The van der Waals surface area contributed by atoms with Gasteiger partial charge in [-0.05, 0) is 47.7 Å². The van der Waals surface area contributed by atoms with Crippen LogP contribution < -0.4 is 5.32 Å². The van der Waals surface area contributed by atoms with Gasteiger partial charge in [0.05, 0.1) is 0 Å². The Hall–Kier alpha value is -1.83. The van der Waals surface area contributed by atoms with E-state index in [-0.39, 0.29) is 5.82 Å². The minimum absolute atomic E-state index is 0.189. The van der Waals surface area contributed by atoms with Crippen LogP contribution in [-0.2, 0) is 6.54 Å². The van der Waals surface area contributed by atoms with Crippen LogP contribution in [0.1, 0.15) is 37.3 Å². The lowest BCUT2D eigenvalue weighted by molar-refractivity contribution is 0.626. The Kier molecular flexibility index (Phi) is 4.56. The third-order valence-electron chi connectivity index (χ3n) is 3.48. The van der Waals surface area contributed by atoms with Crippen LogP contribution in [0.3, 0.4) is 0 Å². The van der Waals surface area contributed by atoms with Crippen molar-refractivity contribution in [3.8, 4) is 0 Å². The maximum absolute atomic E-state index is 13.0. The molecule has 0 aliphatic rings. The lowest BCUT2D eigenvalue weighted by atomic mass is 9.99. The van der Waals surface area contributed by atoms with E-state index in [0.717, 1.165) is 17.7 Å². The van der Waals surface area contributed by atoms with E-state index >= 15 is 0 Å². The fourth-order valence-corrected chi connectivity index (χ4v) is 2.02. The topological polar surface area (TPSA) is 12.0 Å². The molecule has 0 spiro atoms. The second kappa shape index (κ2) is 6.37. The number of hydrogen-bond donors (Lipinski definition) is 1. The smallest absolute Gasteiger partial charge is 0.123 e. The number of hydrogen-bond acceptors (Lipinski definition) is 1. The van der Waals surface area contributed by atoms with Crippen molar-refractivity contribution in [3.05, 3.63) is 65.5 Å². The molecule has 1 unspecified atom stereocenters. The molecule has 2 aromatic carbocycles. The van der Waals surface area contributed by atoms with Gasteiger partial charge < -0.3 is 5.32 Å². The predicted octanol–water partition coefficient (Wildman–Crippen LogP) is 4.95. The van der Waals surface area contributed by atoms with Crippen LogP contribution in [0.5, 0.6) is 0 Å². The molecule has 100 valence electrons. The molecular formula is C17H20FN. The van der Waals surface area contributed by atoms with Crippen molar-refractivity contribution in [2.45, 2.75) is 32.7 Å². The zero-order chi connectivity index (χ0) is 13.7. The summed E-state index contributed by atoms with van der Waals surface area (Å²) in [6, 6.07) is 15.2. The quantitative estimate of drug-likeness (QED) is 0.799. The van der Waals surface area contributed by atoms with Crippen molar-refractivity contribution in [3.63, 3.8) is 0 Å². The monoisotopic (exact) mass is 257 g/mol.